The van der Waals surface area contributed by atoms with Crippen molar-refractivity contribution in [3.05, 3.63) is 36.0 Å². The summed E-state index contributed by atoms with van der Waals surface area (Å²) in [5.41, 5.74) is 1.53. The second-order valence-corrected chi connectivity index (χ2v) is 11.0. The van der Waals surface area contributed by atoms with Crippen molar-refractivity contribution in [3.8, 4) is 0 Å². The van der Waals surface area contributed by atoms with Gasteiger partial charge in [0, 0.05) is 29.9 Å². The van der Waals surface area contributed by atoms with Gasteiger partial charge in [-0.15, -0.1) is 0 Å². The first-order valence-corrected chi connectivity index (χ1v) is 13.3. The van der Waals surface area contributed by atoms with E-state index in [0.29, 0.717) is 5.56 Å². The predicted molar refractivity (Wildman–Crippen MR) is 130 cm³/mol. The van der Waals surface area contributed by atoms with Crippen LogP contribution in [0.5, 0.6) is 0 Å². The summed E-state index contributed by atoms with van der Waals surface area (Å²) in [6, 6.07) is 4.83. The van der Waals surface area contributed by atoms with Crippen molar-refractivity contribution in [1.29, 1.82) is 0 Å². The average molecular weight is 528 g/mol. The van der Waals surface area contributed by atoms with E-state index in [4.69, 9.17) is 9.26 Å². The molecule has 1 aromatic carbocycles. The van der Waals surface area contributed by atoms with E-state index in [2.05, 4.69) is 15.4 Å². The lowest BCUT2D eigenvalue weighted by atomic mass is 10.0. The molecular weight excluding hydrogens is 493 g/mol. The van der Waals surface area contributed by atoms with Gasteiger partial charge in [0.15, 0.2) is 6.29 Å². The van der Waals surface area contributed by atoms with Crippen LogP contribution < -0.4 is 10.4 Å². The van der Waals surface area contributed by atoms with Gasteiger partial charge in [-0.3, -0.25) is 9.32 Å². The van der Waals surface area contributed by atoms with Crippen molar-refractivity contribution >= 4 is 30.5 Å². The number of fused-ring (bicyclic) bond motifs is 1. The Hall–Kier alpha value is -2.31. The molecule has 0 radical (unpaired) electrons. The van der Waals surface area contributed by atoms with Crippen LogP contribution in [0.2, 0.25) is 0 Å². The van der Waals surface area contributed by atoms with Crippen LogP contribution in [0.25, 0.3) is 10.9 Å². The van der Waals surface area contributed by atoms with E-state index in [9.17, 15) is 34.4 Å². The number of aliphatic hydroxyl groups is 2. The summed E-state index contributed by atoms with van der Waals surface area (Å²) in [6.45, 7) is 5.08. The van der Waals surface area contributed by atoms with Gasteiger partial charge in [-0.25, -0.2) is 14.4 Å². The molecule has 2 aromatic rings. The fourth-order valence-electron chi connectivity index (χ4n) is 4.16. The van der Waals surface area contributed by atoms with E-state index < -0.39 is 56.3 Å². The van der Waals surface area contributed by atoms with Gasteiger partial charge in [-0.1, -0.05) is 32.0 Å². The Kier molecular flexibility index (Phi) is 9.28. The minimum atomic E-state index is -4.64. The number of nitrogens with one attached hydrogen (secondary N) is 3. The quantitative estimate of drug-likeness (QED) is 0.209. The highest BCUT2D eigenvalue weighted by atomic mass is 31.2. The second kappa shape index (κ2) is 11.8. The number of aromatic amines is 1. The van der Waals surface area contributed by atoms with Gasteiger partial charge in [-0.05, 0) is 30.9 Å². The molecule has 1 saturated heterocycles. The maximum atomic E-state index is 13.1. The van der Waals surface area contributed by atoms with Crippen LogP contribution in [0, 0.1) is 5.92 Å². The van der Waals surface area contributed by atoms with Crippen LogP contribution in [0.4, 0.5) is 0 Å². The highest BCUT2D eigenvalue weighted by Crippen LogP contribution is 2.42. The summed E-state index contributed by atoms with van der Waals surface area (Å²) in [7, 11) is -4.64. The molecule has 3 rings (SSSR count). The number of carbonyl (C=O) groups excluding carboxylic acids is 1. The van der Waals surface area contributed by atoms with Crippen molar-refractivity contribution in [2.75, 3.05) is 0 Å². The number of carbonyl (C=O) groups is 2. The molecule has 0 saturated carbocycles. The van der Waals surface area contributed by atoms with Gasteiger partial charge >= 0.3 is 13.7 Å². The van der Waals surface area contributed by atoms with Crippen LogP contribution in [0.1, 0.15) is 39.2 Å². The number of hydrogen-bond acceptors (Lipinski definition) is 7. The first kappa shape index (κ1) is 28.3. The minimum Gasteiger partial charge on any atom is -0.480 e. The third kappa shape index (κ3) is 7.36. The smallest absolute Gasteiger partial charge is 0.405 e. The van der Waals surface area contributed by atoms with E-state index >= 15 is 0 Å². The molecule has 1 fully saturated rings. The molecule has 0 spiro atoms. The molecule has 0 aliphatic carbocycles. The van der Waals surface area contributed by atoms with E-state index in [-0.39, 0.29) is 25.2 Å². The monoisotopic (exact) mass is 527 g/mol. The highest BCUT2D eigenvalue weighted by Gasteiger charge is 2.40. The summed E-state index contributed by atoms with van der Waals surface area (Å²) in [6.07, 6.45) is -2.96. The van der Waals surface area contributed by atoms with Crippen LogP contribution >= 0.6 is 7.75 Å². The zero-order valence-electron chi connectivity index (χ0n) is 20.3. The molecule has 200 valence electrons. The number of aliphatic hydroxyl groups excluding tert-OH is 2. The molecule has 1 amide bonds. The summed E-state index contributed by atoms with van der Waals surface area (Å²) in [5, 5.41) is 35.0. The summed E-state index contributed by atoms with van der Waals surface area (Å²) < 4.78 is 23.2. The zero-order chi connectivity index (χ0) is 26.6. The topological polar surface area (TPSA) is 190 Å². The molecule has 1 aliphatic rings. The standard InChI is InChI=1S/C23H34N3O9P/c1-12(2)8-17(26-36(32,33)35-20-10-19(27)21(28)13(3)34-20)22(29)25-18(23(30)31)9-14-11-24-16-7-5-4-6-15(14)16/h4-7,11-13,17-21,24,27-28H,8-10H2,1-3H3,(H,25,29)(H,30,31)(H2,26,32,33)/t13-,17-,18-,19-,20-,21-/m0/s1. The SMILES string of the molecule is CC(C)C[C@H](NP(=O)(O)O[C@H]1C[C@H](O)[C@@H](O)[C@H](C)O1)C(=O)N[C@@H](Cc1c[nH]c2ccccc12)C(=O)O. The number of carboxylic acids is 1. The van der Waals surface area contributed by atoms with Gasteiger partial charge in [0.2, 0.25) is 5.91 Å². The number of benzene rings is 1. The molecule has 13 heteroatoms. The number of amides is 1. The van der Waals surface area contributed by atoms with Gasteiger partial charge in [-0.2, -0.15) is 0 Å². The number of aromatic nitrogens is 1. The largest absolute Gasteiger partial charge is 0.480 e. The van der Waals surface area contributed by atoms with Crippen molar-refractivity contribution in [3.63, 3.8) is 0 Å². The fourth-order valence-corrected chi connectivity index (χ4v) is 5.29. The molecule has 0 bridgehead atoms. The lowest BCUT2D eigenvalue weighted by molar-refractivity contribution is -0.218. The molecule has 7 N–H and O–H groups in total. The molecule has 1 aromatic heterocycles. The fraction of sp³-hybridized carbons (Fsp3) is 0.565. The average Bonchev–Trinajstić information content (AvgIpc) is 3.18. The Morgan fingerprint density at radius 3 is 2.58 bits per heavy atom. The van der Waals surface area contributed by atoms with Gasteiger partial charge < -0.3 is 35.3 Å². The molecule has 1 unspecified atom stereocenters. The number of para-hydroxylation sites is 1. The number of hydrogen-bond donors (Lipinski definition) is 7. The minimum absolute atomic E-state index is 0.000782. The number of rotatable bonds is 11. The van der Waals surface area contributed by atoms with E-state index in [1.807, 2.05) is 24.3 Å². The van der Waals surface area contributed by atoms with Crippen LogP contribution in [0.15, 0.2) is 30.5 Å². The molecule has 1 aliphatic heterocycles. The third-order valence-corrected chi connectivity index (χ3v) is 7.15. The van der Waals surface area contributed by atoms with Gasteiger partial charge in [0.25, 0.3) is 0 Å². The Bertz CT molecular complexity index is 1100. The number of H-pyrrole nitrogens is 1. The lowest BCUT2D eigenvalue weighted by Crippen LogP contribution is -2.51. The van der Waals surface area contributed by atoms with Crippen molar-refractivity contribution in [1.82, 2.24) is 15.4 Å². The Morgan fingerprint density at radius 2 is 1.94 bits per heavy atom. The predicted octanol–water partition coefficient (Wildman–Crippen LogP) is 1.26. The Labute approximate surface area is 208 Å². The molecule has 2 heterocycles. The summed E-state index contributed by atoms with van der Waals surface area (Å²) >= 11 is 0. The first-order valence-electron chi connectivity index (χ1n) is 11.7. The molecular formula is C23H34N3O9P. The van der Waals surface area contributed by atoms with Crippen molar-refractivity contribution < 1.29 is 43.6 Å². The normalized spacial score (nSPS) is 25.9. The molecule has 36 heavy (non-hydrogen) atoms. The highest BCUT2D eigenvalue weighted by molar-refractivity contribution is 7.50. The maximum Gasteiger partial charge on any atom is 0.405 e. The van der Waals surface area contributed by atoms with Crippen molar-refractivity contribution in [2.45, 2.75) is 76.7 Å². The molecule has 12 nitrogen and oxygen atoms in total. The number of aliphatic carboxylic acids is 1. The van der Waals surface area contributed by atoms with Crippen molar-refractivity contribution in [2.24, 2.45) is 5.92 Å². The van der Waals surface area contributed by atoms with E-state index in [0.717, 1.165) is 10.9 Å². The maximum absolute atomic E-state index is 13.1. The second-order valence-electron chi connectivity index (χ2n) is 9.46. The first-order chi connectivity index (χ1) is 16.9. The molecule has 7 atom stereocenters. The van der Waals surface area contributed by atoms with E-state index in [1.165, 1.54) is 6.92 Å². The third-order valence-electron chi connectivity index (χ3n) is 5.99. The lowest BCUT2D eigenvalue weighted by Gasteiger charge is -2.36. The van der Waals surface area contributed by atoms with E-state index in [1.54, 1.807) is 20.0 Å². The zero-order valence-corrected chi connectivity index (χ0v) is 21.2. The summed E-state index contributed by atoms with van der Waals surface area (Å²) in [5.74, 6) is -2.12. The van der Waals surface area contributed by atoms with Gasteiger partial charge in [0.05, 0.1) is 18.2 Å². The Balaban J connectivity index is 1.70. The van der Waals surface area contributed by atoms with Gasteiger partial charge in [0.1, 0.15) is 12.1 Å². The van der Waals surface area contributed by atoms with Crippen LogP contribution in [-0.4, -0.2) is 73.8 Å². The number of ether oxygens (including phenoxy) is 1. The number of carboxylic acid groups (broad SMARTS) is 1. The van der Waals surface area contributed by atoms with Crippen LogP contribution in [-0.2, 0) is 29.8 Å². The Morgan fingerprint density at radius 1 is 1.25 bits per heavy atom. The van der Waals surface area contributed by atoms with Crippen LogP contribution in [0.3, 0.4) is 0 Å². The summed E-state index contributed by atoms with van der Waals surface area (Å²) in [4.78, 5) is 38.5.